The number of rotatable bonds is 2. The van der Waals surface area contributed by atoms with Gasteiger partial charge in [0.2, 0.25) is 0 Å². The minimum atomic E-state index is 0.177. The van der Waals surface area contributed by atoms with Gasteiger partial charge in [-0.15, -0.1) is 0 Å². The largest absolute Gasteiger partial charge is 0.354 e. The molecule has 3 nitrogen and oxygen atoms in total. The number of fused-ring (bicyclic) bond motifs is 2. The van der Waals surface area contributed by atoms with Crippen LogP contribution in [0.3, 0.4) is 0 Å². The van der Waals surface area contributed by atoms with Gasteiger partial charge in [0.1, 0.15) is 5.82 Å². The van der Waals surface area contributed by atoms with Gasteiger partial charge < -0.3 is 4.90 Å². The Morgan fingerprint density at radius 3 is 2.33 bits per heavy atom. The number of hydrogen-bond acceptors (Lipinski definition) is 3. The first-order valence-electron chi connectivity index (χ1n) is 9.88. The molecule has 3 heteroatoms. The predicted molar refractivity (Wildman–Crippen MR) is 101 cm³/mol. The summed E-state index contributed by atoms with van der Waals surface area (Å²) in [5, 5.41) is 0. The molecule has 1 aliphatic heterocycles. The van der Waals surface area contributed by atoms with Gasteiger partial charge in [-0.05, 0) is 54.6 Å². The third kappa shape index (κ3) is 2.96. The number of aromatic nitrogens is 1. The number of aryl methyl sites for hydroxylation is 1. The molecule has 3 aliphatic rings. The summed E-state index contributed by atoms with van der Waals surface area (Å²) in [5.74, 6) is 3.26. The van der Waals surface area contributed by atoms with Crippen LogP contribution in [0.1, 0.15) is 57.6 Å². The molecule has 3 unspecified atom stereocenters. The molecular weight excluding hydrogens is 294 g/mol. The van der Waals surface area contributed by atoms with Crippen molar-refractivity contribution in [1.82, 2.24) is 9.88 Å². The Labute approximate surface area is 147 Å². The van der Waals surface area contributed by atoms with Gasteiger partial charge in [0.15, 0.2) is 0 Å². The Morgan fingerprint density at radius 1 is 1.04 bits per heavy atom. The highest BCUT2D eigenvalue weighted by Crippen LogP contribution is 2.46. The van der Waals surface area contributed by atoms with Crippen molar-refractivity contribution < 1.29 is 0 Å². The molecule has 2 heterocycles. The smallest absolute Gasteiger partial charge is 0.131 e. The fraction of sp³-hybridized carbons (Fsp3) is 0.762. The molecule has 2 saturated carbocycles. The van der Waals surface area contributed by atoms with E-state index in [2.05, 4.69) is 49.8 Å². The van der Waals surface area contributed by atoms with Crippen LogP contribution in [-0.4, -0.2) is 42.1 Å². The van der Waals surface area contributed by atoms with Gasteiger partial charge in [0.05, 0.1) is 0 Å². The highest BCUT2D eigenvalue weighted by Gasteiger charge is 2.42. The van der Waals surface area contributed by atoms with Crippen molar-refractivity contribution in [3.63, 3.8) is 0 Å². The second-order valence-electron chi connectivity index (χ2n) is 9.38. The second-order valence-corrected chi connectivity index (χ2v) is 9.38. The van der Waals surface area contributed by atoms with Crippen LogP contribution in [-0.2, 0) is 5.41 Å². The Kier molecular flexibility index (Phi) is 4.11. The maximum absolute atomic E-state index is 4.84. The highest BCUT2D eigenvalue weighted by atomic mass is 15.3. The van der Waals surface area contributed by atoms with Crippen molar-refractivity contribution in [3.8, 4) is 0 Å². The molecule has 0 radical (unpaired) electrons. The quantitative estimate of drug-likeness (QED) is 0.818. The second kappa shape index (κ2) is 6.01. The minimum absolute atomic E-state index is 0.177. The van der Waals surface area contributed by atoms with Crippen molar-refractivity contribution in [1.29, 1.82) is 0 Å². The summed E-state index contributed by atoms with van der Waals surface area (Å²) in [4.78, 5) is 10.1. The Bertz CT molecular complexity index is 596. The SMILES string of the molecule is Cc1cc(C(C)(C)C)cnc1N1CCN(C2CC3CCC2C3)CC1. The fourth-order valence-electron chi connectivity index (χ4n) is 5.23. The van der Waals surface area contributed by atoms with Gasteiger partial charge in [0, 0.05) is 38.4 Å². The summed E-state index contributed by atoms with van der Waals surface area (Å²) in [6.45, 7) is 13.7. The molecule has 1 aromatic heterocycles. The molecule has 132 valence electrons. The van der Waals surface area contributed by atoms with Gasteiger partial charge in [0.25, 0.3) is 0 Å². The van der Waals surface area contributed by atoms with Crippen LogP contribution in [0, 0.1) is 18.8 Å². The zero-order valence-electron chi connectivity index (χ0n) is 15.9. The zero-order valence-corrected chi connectivity index (χ0v) is 15.9. The molecule has 3 atom stereocenters. The molecule has 24 heavy (non-hydrogen) atoms. The maximum atomic E-state index is 4.84. The zero-order chi connectivity index (χ0) is 16.9. The first kappa shape index (κ1) is 16.4. The van der Waals surface area contributed by atoms with Crippen LogP contribution < -0.4 is 4.90 Å². The average Bonchev–Trinajstić information content (AvgIpc) is 3.17. The summed E-state index contributed by atoms with van der Waals surface area (Å²) in [5.41, 5.74) is 2.84. The Balaban J connectivity index is 1.41. The Morgan fingerprint density at radius 2 is 1.79 bits per heavy atom. The van der Waals surface area contributed by atoms with E-state index in [0.717, 1.165) is 31.0 Å². The lowest BCUT2D eigenvalue weighted by atomic mass is 9.87. The molecular formula is C21H33N3. The molecule has 4 rings (SSSR count). The van der Waals surface area contributed by atoms with Gasteiger partial charge in [-0.1, -0.05) is 33.3 Å². The van der Waals surface area contributed by atoms with Crippen LogP contribution in [0.15, 0.2) is 12.3 Å². The molecule has 1 saturated heterocycles. The molecule has 2 aliphatic carbocycles. The van der Waals surface area contributed by atoms with E-state index < -0.39 is 0 Å². The number of piperazine rings is 1. The van der Waals surface area contributed by atoms with Crippen LogP contribution in [0.5, 0.6) is 0 Å². The van der Waals surface area contributed by atoms with E-state index in [1.807, 2.05) is 0 Å². The lowest BCUT2D eigenvalue weighted by Gasteiger charge is -2.41. The van der Waals surface area contributed by atoms with E-state index in [1.54, 1.807) is 0 Å². The first-order valence-corrected chi connectivity index (χ1v) is 9.88. The van der Waals surface area contributed by atoms with E-state index in [-0.39, 0.29) is 5.41 Å². The average molecular weight is 328 g/mol. The first-order chi connectivity index (χ1) is 11.4. The third-order valence-electron chi connectivity index (χ3n) is 6.70. The third-order valence-corrected chi connectivity index (χ3v) is 6.70. The van der Waals surface area contributed by atoms with E-state index in [4.69, 9.17) is 4.98 Å². The minimum Gasteiger partial charge on any atom is -0.354 e. The van der Waals surface area contributed by atoms with Crippen LogP contribution in [0.2, 0.25) is 0 Å². The lowest BCUT2D eigenvalue weighted by Crippen LogP contribution is -2.52. The molecule has 0 amide bonds. The number of pyridine rings is 1. The number of anilines is 1. The summed E-state index contributed by atoms with van der Waals surface area (Å²) >= 11 is 0. The van der Waals surface area contributed by atoms with Crippen LogP contribution in [0.25, 0.3) is 0 Å². The lowest BCUT2D eigenvalue weighted by molar-refractivity contribution is 0.134. The van der Waals surface area contributed by atoms with Gasteiger partial charge in [-0.2, -0.15) is 0 Å². The fourth-order valence-corrected chi connectivity index (χ4v) is 5.23. The standard InChI is InChI=1S/C21H33N3/c1-15-11-18(21(2,3)4)14-22-20(15)24-9-7-23(8-10-24)19-13-16-5-6-17(19)12-16/h11,14,16-17,19H,5-10,12-13H2,1-4H3. The monoisotopic (exact) mass is 327 g/mol. The summed E-state index contributed by atoms with van der Waals surface area (Å²) < 4.78 is 0. The predicted octanol–water partition coefficient (Wildman–Crippen LogP) is 4.00. The van der Waals surface area contributed by atoms with E-state index in [9.17, 15) is 0 Å². The summed E-state index contributed by atoms with van der Waals surface area (Å²) in [6.07, 6.45) is 8.07. The Hall–Kier alpha value is -1.09. The number of nitrogens with zero attached hydrogens (tertiary/aromatic N) is 3. The van der Waals surface area contributed by atoms with Crippen LogP contribution >= 0.6 is 0 Å². The van der Waals surface area contributed by atoms with E-state index >= 15 is 0 Å². The van der Waals surface area contributed by atoms with Crippen molar-refractivity contribution in [2.75, 3.05) is 31.1 Å². The van der Waals surface area contributed by atoms with Crippen LogP contribution in [0.4, 0.5) is 5.82 Å². The summed E-state index contributed by atoms with van der Waals surface area (Å²) in [7, 11) is 0. The molecule has 0 N–H and O–H groups in total. The molecule has 3 fully saturated rings. The van der Waals surface area contributed by atoms with Crippen molar-refractivity contribution in [3.05, 3.63) is 23.4 Å². The van der Waals surface area contributed by atoms with Crippen molar-refractivity contribution in [2.45, 2.75) is 64.8 Å². The molecule has 1 aromatic rings. The van der Waals surface area contributed by atoms with Gasteiger partial charge in [-0.3, -0.25) is 4.90 Å². The van der Waals surface area contributed by atoms with E-state index in [1.165, 1.54) is 55.7 Å². The van der Waals surface area contributed by atoms with Gasteiger partial charge >= 0.3 is 0 Å². The van der Waals surface area contributed by atoms with Crippen molar-refractivity contribution >= 4 is 5.82 Å². The van der Waals surface area contributed by atoms with Gasteiger partial charge in [-0.25, -0.2) is 4.98 Å². The van der Waals surface area contributed by atoms with E-state index in [0.29, 0.717) is 0 Å². The van der Waals surface area contributed by atoms with Crippen molar-refractivity contribution in [2.24, 2.45) is 11.8 Å². The highest BCUT2D eigenvalue weighted by molar-refractivity contribution is 5.48. The molecule has 0 aromatic carbocycles. The summed E-state index contributed by atoms with van der Waals surface area (Å²) in [6, 6.07) is 3.23. The number of hydrogen-bond donors (Lipinski definition) is 0. The molecule has 0 spiro atoms. The topological polar surface area (TPSA) is 19.4 Å². The maximum Gasteiger partial charge on any atom is 0.131 e. The molecule has 2 bridgehead atoms. The normalized spacial score (nSPS) is 31.0.